The minimum atomic E-state index is -4.79. The Morgan fingerprint density at radius 1 is 1.12 bits per heavy atom. The second-order valence-electron chi connectivity index (χ2n) is 10.4. The summed E-state index contributed by atoms with van der Waals surface area (Å²) in [6.45, 7) is 3.05. The normalized spacial score (nSPS) is 17.8. The molecule has 1 unspecified atom stereocenters. The Bertz CT molecular complexity index is 1300. The largest absolute Gasteiger partial charge is 0.598 e. The van der Waals surface area contributed by atoms with Crippen LogP contribution in [0.5, 0.6) is 5.75 Å². The molecule has 2 aromatic rings. The van der Waals surface area contributed by atoms with Crippen LogP contribution in [0.4, 0.5) is 13.2 Å². The van der Waals surface area contributed by atoms with E-state index in [2.05, 4.69) is 4.74 Å². The predicted molar refractivity (Wildman–Crippen MR) is 150 cm³/mol. The summed E-state index contributed by atoms with van der Waals surface area (Å²) in [6, 6.07) is 11.3. The van der Waals surface area contributed by atoms with E-state index in [0.717, 1.165) is 17.0 Å². The van der Waals surface area contributed by atoms with Crippen LogP contribution in [0.2, 0.25) is 0 Å². The molecule has 1 spiro atoms. The molecular weight excluding hydrogens is 543 g/mol. The molecule has 8 nitrogen and oxygen atoms in total. The van der Waals surface area contributed by atoms with E-state index in [0.29, 0.717) is 55.1 Å². The van der Waals surface area contributed by atoms with Crippen LogP contribution in [0.1, 0.15) is 39.9 Å². The average Bonchev–Trinajstić information content (AvgIpc) is 3.26. The highest BCUT2D eigenvalue weighted by atomic mass is 32.2. The molecule has 2 aliphatic heterocycles. The third-order valence-electron chi connectivity index (χ3n) is 7.08. The average molecular weight is 578 g/mol. The van der Waals surface area contributed by atoms with Crippen molar-refractivity contribution in [3.05, 3.63) is 64.7 Å². The highest BCUT2D eigenvalue weighted by molar-refractivity contribution is 7.89. The van der Waals surface area contributed by atoms with E-state index < -0.39 is 23.3 Å². The summed E-state index contributed by atoms with van der Waals surface area (Å²) in [5.74, 6) is 1.18. The highest BCUT2D eigenvalue weighted by Crippen LogP contribution is 2.36. The van der Waals surface area contributed by atoms with Crippen LogP contribution in [0, 0.1) is 6.92 Å². The molecule has 2 aliphatic rings. The van der Waals surface area contributed by atoms with Crippen molar-refractivity contribution in [3.63, 3.8) is 0 Å². The van der Waals surface area contributed by atoms with Crippen LogP contribution in [0.15, 0.2) is 52.4 Å². The molecule has 1 saturated heterocycles. The van der Waals surface area contributed by atoms with Crippen LogP contribution in [0.3, 0.4) is 0 Å². The van der Waals surface area contributed by atoms with Gasteiger partial charge in [0.15, 0.2) is 5.84 Å². The third-order valence-corrected chi connectivity index (χ3v) is 8.57. The maximum absolute atomic E-state index is 13.2. The Morgan fingerprint density at radius 3 is 2.42 bits per heavy atom. The van der Waals surface area contributed by atoms with E-state index in [-0.39, 0.29) is 11.7 Å². The first-order valence-electron chi connectivity index (χ1n) is 13.0. The van der Waals surface area contributed by atoms with Gasteiger partial charge in [-0.2, -0.15) is 0 Å². The summed E-state index contributed by atoms with van der Waals surface area (Å²) in [5, 5.41) is 0. The quantitative estimate of drug-likeness (QED) is 0.464. The number of aliphatic imine (C=N–C) groups is 2. The van der Waals surface area contributed by atoms with Crippen molar-refractivity contribution >= 4 is 28.9 Å². The van der Waals surface area contributed by atoms with Crippen molar-refractivity contribution < 1.29 is 27.3 Å². The zero-order chi connectivity index (χ0) is 29.2. The Morgan fingerprint density at radius 2 is 1.82 bits per heavy atom. The number of likely N-dealkylation sites (N-methyl/N-ethyl adjacent to an activating group) is 1. The number of carbonyl (C=O) groups excluding carboxylic acids is 1. The van der Waals surface area contributed by atoms with Crippen LogP contribution in [-0.4, -0.2) is 95.2 Å². The zero-order valence-corrected chi connectivity index (χ0v) is 24.1. The van der Waals surface area contributed by atoms with Gasteiger partial charge >= 0.3 is 6.36 Å². The summed E-state index contributed by atoms with van der Waals surface area (Å²) >= 11 is -1.20. The van der Waals surface area contributed by atoms with E-state index in [1.165, 1.54) is 23.1 Å². The Labute approximate surface area is 235 Å². The predicted octanol–water partition coefficient (Wildman–Crippen LogP) is 4.06. The minimum absolute atomic E-state index is 0.0545. The monoisotopic (exact) mass is 577 g/mol. The van der Waals surface area contributed by atoms with Crippen molar-refractivity contribution in [1.29, 1.82) is 0 Å². The first-order valence-corrected chi connectivity index (χ1v) is 14.2. The van der Waals surface area contributed by atoms with Crippen LogP contribution in [-0.2, 0) is 17.8 Å². The molecule has 0 aliphatic carbocycles. The molecule has 40 heavy (non-hydrogen) atoms. The number of benzene rings is 2. The first kappa shape index (κ1) is 29.9. The molecule has 2 aromatic carbocycles. The van der Waals surface area contributed by atoms with Gasteiger partial charge in [-0.1, -0.05) is 18.2 Å². The number of nitrogens with zero attached hydrogens (tertiary/aromatic N) is 5. The van der Waals surface area contributed by atoms with Crippen LogP contribution in [0.25, 0.3) is 0 Å². The molecule has 1 fully saturated rings. The molecule has 1 amide bonds. The fraction of sp³-hybridized carbons (Fsp3) is 0.464. The molecule has 216 valence electrons. The number of piperidine rings is 1. The van der Waals surface area contributed by atoms with Gasteiger partial charge in [-0.3, -0.25) is 9.79 Å². The number of hydrogen-bond donors (Lipinski definition) is 0. The molecular formula is C28H34F3N5O3S. The molecule has 0 saturated carbocycles. The molecule has 12 heteroatoms. The second-order valence-corrected chi connectivity index (χ2v) is 12.0. The van der Waals surface area contributed by atoms with E-state index >= 15 is 0 Å². The highest BCUT2D eigenvalue weighted by Gasteiger charge is 2.46. The summed E-state index contributed by atoms with van der Waals surface area (Å²) in [4.78, 5) is 25.2. The number of amidine groups is 2. The van der Waals surface area contributed by atoms with Gasteiger partial charge < -0.3 is 19.1 Å². The SMILES string of the molecule is Cc1cc(C(=O)N(C)C)ccc1CC[S+]([O-])N1CCC2(CC1)N=C(c1cccc(OC(F)(F)F)c1)N=C2N(C)C. The molecule has 0 aromatic heterocycles. The Kier molecular flexibility index (Phi) is 8.81. The van der Waals surface area contributed by atoms with Crippen LogP contribution < -0.4 is 4.74 Å². The molecule has 0 bridgehead atoms. The van der Waals surface area contributed by atoms with Gasteiger partial charge in [-0.05, 0) is 55.2 Å². The zero-order valence-electron chi connectivity index (χ0n) is 23.3. The molecule has 0 radical (unpaired) electrons. The molecule has 2 heterocycles. The molecule has 0 N–H and O–H groups in total. The number of aryl methyl sites for hydroxylation is 2. The van der Waals surface area contributed by atoms with Crippen molar-refractivity contribution in [3.8, 4) is 5.75 Å². The van der Waals surface area contributed by atoms with E-state index in [4.69, 9.17) is 9.98 Å². The second kappa shape index (κ2) is 11.8. The standard InChI is InChI=1S/C28H34F3N5O3S/c1-19-17-22(25(37)34(2)3)10-9-20(19)11-16-40(38)36-14-12-27(13-15-36)26(35(4)5)32-24(33-27)21-7-6-8-23(18-21)39-28(29,30)31/h6-10,17-18H,11-16H2,1-5H3. The lowest BCUT2D eigenvalue weighted by atomic mass is 9.87. The van der Waals surface area contributed by atoms with Crippen molar-refractivity contribution in [2.24, 2.45) is 9.98 Å². The number of carbonyl (C=O) groups is 1. The van der Waals surface area contributed by atoms with E-state index in [1.807, 2.05) is 42.4 Å². The number of halogens is 3. The van der Waals surface area contributed by atoms with Gasteiger partial charge in [0.2, 0.25) is 0 Å². The van der Waals surface area contributed by atoms with Gasteiger partial charge in [0, 0.05) is 70.2 Å². The first-order chi connectivity index (χ1) is 18.8. The van der Waals surface area contributed by atoms with Crippen molar-refractivity contribution in [2.75, 3.05) is 47.0 Å². The minimum Gasteiger partial charge on any atom is -0.598 e. The lowest BCUT2D eigenvalue weighted by Gasteiger charge is -2.39. The lowest BCUT2D eigenvalue weighted by Crippen LogP contribution is -2.52. The number of amides is 1. The fourth-order valence-corrected chi connectivity index (χ4v) is 6.29. The number of rotatable bonds is 7. The Balaban J connectivity index is 1.41. The van der Waals surface area contributed by atoms with Crippen LogP contribution >= 0.6 is 0 Å². The maximum Gasteiger partial charge on any atom is 0.573 e. The summed E-state index contributed by atoms with van der Waals surface area (Å²) in [5.41, 5.74) is 2.49. The summed E-state index contributed by atoms with van der Waals surface area (Å²) in [6.07, 6.45) is -3.00. The van der Waals surface area contributed by atoms with Gasteiger partial charge in [0.05, 0.1) is 0 Å². The lowest BCUT2D eigenvalue weighted by molar-refractivity contribution is -0.274. The Hall–Kier alpha value is -3.09. The van der Waals surface area contributed by atoms with Crippen molar-refractivity contribution in [1.82, 2.24) is 14.1 Å². The summed E-state index contributed by atoms with van der Waals surface area (Å²) in [7, 11) is 7.17. The van der Waals surface area contributed by atoms with Gasteiger partial charge in [-0.25, -0.2) is 4.99 Å². The van der Waals surface area contributed by atoms with E-state index in [1.54, 1.807) is 26.2 Å². The van der Waals surface area contributed by atoms with Gasteiger partial charge in [-0.15, -0.1) is 17.5 Å². The molecule has 1 atom stereocenters. The topological polar surface area (TPSA) is 83.8 Å². The summed E-state index contributed by atoms with van der Waals surface area (Å²) < 4.78 is 57.4. The molecule has 4 rings (SSSR count). The smallest absolute Gasteiger partial charge is 0.573 e. The van der Waals surface area contributed by atoms with E-state index in [9.17, 15) is 22.5 Å². The number of hydrogen-bond acceptors (Lipinski definition) is 7. The third kappa shape index (κ3) is 6.79. The number of alkyl halides is 3. The number of ether oxygens (including phenoxy) is 1. The van der Waals surface area contributed by atoms with Gasteiger partial charge in [0.1, 0.15) is 22.9 Å². The maximum atomic E-state index is 13.2. The van der Waals surface area contributed by atoms with Gasteiger partial charge in [0.25, 0.3) is 5.91 Å². The van der Waals surface area contributed by atoms with Crippen molar-refractivity contribution in [2.45, 2.75) is 38.1 Å². The fourth-order valence-electron chi connectivity index (χ4n) is 5.05.